The molecule has 1 aromatic carbocycles. The third-order valence-corrected chi connectivity index (χ3v) is 4.53. The second-order valence-corrected chi connectivity index (χ2v) is 6.29. The molecule has 1 unspecified atom stereocenters. The average molecular weight is 244 g/mol. The normalized spacial score (nSPS) is 25.0. The molecule has 1 atom stereocenters. The maximum absolute atomic E-state index is 2.66. The molecule has 0 spiro atoms. The number of hydrogen-bond acceptors (Lipinski definition) is 2. The quantitative estimate of drug-likeness (QED) is 0.789. The van der Waals surface area contributed by atoms with Crippen LogP contribution in [0.1, 0.15) is 42.9 Å². The molecule has 18 heavy (non-hydrogen) atoms. The molecule has 2 nitrogen and oxygen atoms in total. The lowest BCUT2D eigenvalue weighted by atomic mass is 9.99. The van der Waals surface area contributed by atoms with Gasteiger partial charge in [0.05, 0.1) is 0 Å². The Hall–Kier alpha value is -0.860. The smallest absolute Gasteiger partial charge is 0.0244 e. The molecule has 1 aromatic rings. The minimum Gasteiger partial charge on any atom is -0.305 e. The molecule has 2 heterocycles. The molecule has 0 bridgehead atoms. The van der Waals surface area contributed by atoms with Crippen molar-refractivity contribution >= 4 is 0 Å². The largest absolute Gasteiger partial charge is 0.305 e. The lowest BCUT2D eigenvalue weighted by Crippen LogP contribution is -2.32. The van der Waals surface area contributed by atoms with Crippen LogP contribution in [0.5, 0.6) is 0 Å². The SMILES string of the molecule is CC(C)c1ccc2c(c1)CN(C1CCN(C)C1)C2. The lowest BCUT2D eigenvalue weighted by Gasteiger charge is -2.22. The molecule has 1 saturated heterocycles. The number of likely N-dealkylation sites (N-methyl/N-ethyl adjacent to an activating group) is 1. The van der Waals surface area contributed by atoms with Crippen molar-refractivity contribution in [1.82, 2.24) is 9.80 Å². The molecule has 0 aromatic heterocycles. The van der Waals surface area contributed by atoms with Crippen LogP contribution in [0.25, 0.3) is 0 Å². The summed E-state index contributed by atoms with van der Waals surface area (Å²) < 4.78 is 0. The predicted octanol–water partition coefficient (Wildman–Crippen LogP) is 2.83. The first-order valence-electron chi connectivity index (χ1n) is 7.18. The number of fused-ring (bicyclic) bond motifs is 1. The Balaban J connectivity index is 1.75. The minimum absolute atomic E-state index is 0.641. The maximum Gasteiger partial charge on any atom is 0.0244 e. The highest BCUT2D eigenvalue weighted by molar-refractivity contribution is 5.36. The summed E-state index contributed by atoms with van der Waals surface area (Å²) in [4.78, 5) is 5.12. The van der Waals surface area contributed by atoms with Crippen LogP contribution in [0, 0.1) is 0 Å². The molecule has 0 aliphatic carbocycles. The highest BCUT2D eigenvalue weighted by Gasteiger charge is 2.30. The zero-order valence-electron chi connectivity index (χ0n) is 11.8. The van der Waals surface area contributed by atoms with Gasteiger partial charge in [-0.1, -0.05) is 32.0 Å². The highest BCUT2D eigenvalue weighted by atomic mass is 15.2. The van der Waals surface area contributed by atoms with E-state index in [4.69, 9.17) is 0 Å². The van der Waals surface area contributed by atoms with E-state index in [9.17, 15) is 0 Å². The van der Waals surface area contributed by atoms with Gasteiger partial charge in [-0.2, -0.15) is 0 Å². The van der Waals surface area contributed by atoms with Crippen LogP contribution < -0.4 is 0 Å². The fraction of sp³-hybridized carbons (Fsp3) is 0.625. The summed E-state index contributed by atoms with van der Waals surface area (Å²) in [5.41, 5.74) is 4.60. The molecule has 0 radical (unpaired) electrons. The van der Waals surface area contributed by atoms with E-state index in [1.54, 1.807) is 11.1 Å². The molecule has 0 amide bonds. The summed E-state index contributed by atoms with van der Waals surface area (Å²) in [5, 5.41) is 0. The van der Waals surface area contributed by atoms with E-state index in [0.29, 0.717) is 5.92 Å². The van der Waals surface area contributed by atoms with Gasteiger partial charge in [0, 0.05) is 25.7 Å². The summed E-state index contributed by atoms with van der Waals surface area (Å²) >= 11 is 0. The molecule has 0 saturated carbocycles. The third kappa shape index (κ3) is 2.19. The summed E-state index contributed by atoms with van der Waals surface area (Å²) in [5.74, 6) is 0.641. The zero-order chi connectivity index (χ0) is 12.7. The van der Waals surface area contributed by atoms with E-state index in [1.807, 2.05) is 0 Å². The van der Waals surface area contributed by atoms with Gasteiger partial charge in [0.15, 0.2) is 0 Å². The Kier molecular flexibility index (Phi) is 3.16. The fourth-order valence-corrected chi connectivity index (χ4v) is 3.27. The van der Waals surface area contributed by atoms with Gasteiger partial charge in [-0.25, -0.2) is 0 Å². The Morgan fingerprint density at radius 2 is 1.94 bits per heavy atom. The van der Waals surface area contributed by atoms with Gasteiger partial charge in [-0.3, -0.25) is 4.90 Å². The molecule has 0 N–H and O–H groups in total. The van der Waals surface area contributed by atoms with Crippen molar-refractivity contribution in [2.75, 3.05) is 20.1 Å². The number of likely N-dealkylation sites (tertiary alicyclic amines) is 1. The molecule has 2 heteroatoms. The van der Waals surface area contributed by atoms with E-state index in [2.05, 4.69) is 48.9 Å². The average Bonchev–Trinajstić information content (AvgIpc) is 2.93. The molecular weight excluding hydrogens is 220 g/mol. The van der Waals surface area contributed by atoms with Crippen molar-refractivity contribution < 1.29 is 0 Å². The van der Waals surface area contributed by atoms with Gasteiger partial charge >= 0.3 is 0 Å². The fourth-order valence-electron chi connectivity index (χ4n) is 3.27. The Labute approximate surface area is 111 Å². The van der Waals surface area contributed by atoms with Gasteiger partial charge in [-0.15, -0.1) is 0 Å². The van der Waals surface area contributed by atoms with Crippen LogP contribution in [0.15, 0.2) is 18.2 Å². The maximum atomic E-state index is 2.66. The van der Waals surface area contributed by atoms with Crippen LogP contribution in [-0.2, 0) is 13.1 Å². The predicted molar refractivity (Wildman–Crippen MR) is 75.7 cm³/mol. The molecule has 2 aliphatic heterocycles. The monoisotopic (exact) mass is 244 g/mol. The topological polar surface area (TPSA) is 6.48 Å². The molecule has 2 aliphatic rings. The van der Waals surface area contributed by atoms with E-state index < -0.39 is 0 Å². The second kappa shape index (κ2) is 4.67. The molecule has 3 rings (SSSR count). The molecule has 1 fully saturated rings. The van der Waals surface area contributed by atoms with Crippen molar-refractivity contribution in [3.63, 3.8) is 0 Å². The molecule has 98 valence electrons. The van der Waals surface area contributed by atoms with Crippen LogP contribution in [0.2, 0.25) is 0 Å². The second-order valence-electron chi connectivity index (χ2n) is 6.29. The van der Waals surface area contributed by atoms with Gasteiger partial charge in [0.25, 0.3) is 0 Å². The van der Waals surface area contributed by atoms with Crippen LogP contribution in [-0.4, -0.2) is 36.0 Å². The number of rotatable bonds is 2. The van der Waals surface area contributed by atoms with Gasteiger partial charge in [0.2, 0.25) is 0 Å². The Morgan fingerprint density at radius 3 is 2.61 bits per heavy atom. The van der Waals surface area contributed by atoms with E-state index in [1.165, 1.54) is 25.1 Å². The number of benzene rings is 1. The van der Waals surface area contributed by atoms with Crippen molar-refractivity contribution in [2.45, 2.75) is 45.3 Å². The van der Waals surface area contributed by atoms with Gasteiger partial charge < -0.3 is 4.90 Å². The van der Waals surface area contributed by atoms with Crippen molar-refractivity contribution in [2.24, 2.45) is 0 Å². The first-order chi connectivity index (χ1) is 8.63. The summed E-state index contributed by atoms with van der Waals surface area (Å²) in [6, 6.07) is 7.86. The van der Waals surface area contributed by atoms with Gasteiger partial charge in [-0.05, 0) is 42.6 Å². The highest BCUT2D eigenvalue weighted by Crippen LogP contribution is 2.29. The van der Waals surface area contributed by atoms with Crippen LogP contribution in [0.4, 0.5) is 0 Å². The van der Waals surface area contributed by atoms with Crippen LogP contribution >= 0.6 is 0 Å². The summed E-state index contributed by atoms with van der Waals surface area (Å²) in [6.45, 7) is 9.38. The van der Waals surface area contributed by atoms with Crippen LogP contribution in [0.3, 0.4) is 0 Å². The summed E-state index contributed by atoms with van der Waals surface area (Å²) in [6.07, 6.45) is 1.33. The van der Waals surface area contributed by atoms with E-state index in [-0.39, 0.29) is 0 Å². The van der Waals surface area contributed by atoms with E-state index in [0.717, 1.165) is 19.1 Å². The van der Waals surface area contributed by atoms with Crippen molar-refractivity contribution in [3.8, 4) is 0 Å². The van der Waals surface area contributed by atoms with Gasteiger partial charge in [0.1, 0.15) is 0 Å². The third-order valence-electron chi connectivity index (χ3n) is 4.53. The van der Waals surface area contributed by atoms with Crippen molar-refractivity contribution in [3.05, 3.63) is 34.9 Å². The van der Waals surface area contributed by atoms with E-state index >= 15 is 0 Å². The first-order valence-corrected chi connectivity index (χ1v) is 7.18. The number of hydrogen-bond donors (Lipinski definition) is 0. The summed E-state index contributed by atoms with van der Waals surface area (Å²) in [7, 11) is 2.24. The Morgan fingerprint density at radius 1 is 1.17 bits per heavy atom. The standard InChI is InChI=1S/C16H24N2/c1-12(2)13-4-5-14-9-18(10-15(14)8-13)16-6-7-17(3)11-16/h4-5,8,12,16H,6-7,9-11H2,1-3H3. The first kappa shape index (κ1) is 12.2. The number of nitrogens with zero attached hydrogens (tertiary/aromatic N) is 2. The Bertz CT molecular complexity index is 439. The lowest BCUT2D eigenvalue weighted by molar-refractivity contribution is 0.201. The zero-order valence-corrected chi connectivity index (χ0v) is 11.8. The van der Waals surface area contributed by atoms with Crippen molar-refractivity contribution in [1.29, 1.82) is 0 Å². The molecular formula is C16H24N2. The minimum atomic E-state index is 0.641.